The number of hydrogen-bond acceptors (Lipinski definition) is 13. The van der Waals surface area contributed by atoms with E-state index in [1.165, 1.54) is 48.5 Å². The maximum absolute atomic E-state index is 13.5. The molecular formula is C52H41NaO13S. The van der Waals surface area contributed by atoms with Gasteiger partial charge in [-0.2, -0.15) is 4.18 Å². The number of rotatable bonds is 22. The number of benzene rings is 8. The summed E-state index contributed by atoms with van der Waals surface area (Å²) in [6.45, 7) is 0. The molecule has 0 heterocycles. The molecule has 8 rings (SSSR count). The summed E-state index contributed by atoms with van der Waals surface area (Å²) >= 11 is 0. The summed E-state index contributed by atoms with van der Waals surface area (Å²) in [4.78, 5) is 0. The molecule has 0 aliphatic carbocycles. The van der Waals surface area contributed by atoms with Crippen molar-refractivity contribution < 1.29 is 89.3 Å². The normalized spacial score (nSPS) is 11.6. The van der Waals surface area contributed by atoms with Gasteiger partial charge in [-0.3, -0.25) is 0 Å². The first-order valence-electron chi connectivity index (χ1n) is 20.4. The fourth-order valence-electron chi connectivity index (χ4n) is 6.30. The van der Waals surface area contributed by atoms with Crippen LogP contribution < -0.4 is 67.5 Å². The molecule has 0 aliphatic heterocycles. The Morgan fingerprint density at radius 2 is 0.552 bits per heavy atom. The molecule has 15 heteroatoms. The van der Waals surface area contributed by atoms with Crippen molar-refractivity contribution in [1.82, 2.24) is 0 Å². The summed E-state index contributed by atoms with van der Waals surface area (Å²) < 4.78 is 108. The van der Waals surface area contributed by atoms with Crippen LogP contribution in [0.5, 0.6) is 46.0 Å². The van der Waals surface area contributed by atoms with Gasteiger partial charge in [0.15, 0.2) is 0 Å². The minimum absolute atomic E-state index is 0. The van der Waals surface area contributed by atoms with Crippen molar-refractivity contribution in [1.29, 1.82) is 0 Å². The van der Waals surface area contributed by atoms with Crippen LogP contribution in [0.4, 0.5) is 0 Å². The summed E-state index contributed by atoms with van der Waals surface area (Å²) in [6.07, 6.45) is -1.92. The van der Waals surface area contributed by atoms with Gasteiger partial charge in [0.2, 0.25) is 10.4 Å². The van der Waals surface area contributed by atoms with E-state index in [1.807, 2.05) is 0 Å². The number of hydrogen-bond donors (Lipinski definition) is 0. The second-order valence-corrected chi connectivity index (χ2v) is 15.0. The van der Waals surface area contributed by atoms with Gasteiger partial charge < -0.3 is 42.4 Å². The van der Waals surface area contributed by atoms with Crippen LogP contribution in [0.3, 0.4) is 0 Å². The van der Waals surface area contributed by atoms with E-state index in [2.05, 4.69) is 0 Å². The van der Waals surface area contributed by atoms with Crippen molar-refractivity contribution in [2.75, 3.05) is 0 Å². The van der Waals surface area contributed by atoms with E-state index in [9.17, 15) is 13.0 Å². The summed E-state index contributed by atoms with van der Waals surface area (Å²) in [6, 6.07) is 65.2. The van der Waals surface area contributed by atoms with Gasteiger partial charge in [-0.05, 0) is 97.1 Å². The van der Waals surface area contributed by atoms with Gasteiger partial charge in [0.25, 0.3) is 0 Å². The van der Waals surface area contributed by atoms with Crippen molar-refractivity contribution in [3.63, 3.8) is 0 Å². The van der Waals surface area contributed by atoms with Crippen molar-refractivity contribution in [2.24, 2.45) is 0 Å². The Hall–Kier alpha value is -7.01. The molecule has 0 radical (unpaired) electrons. The van der Waals surface area contributed by atoms with E-state index >= 15 is 0 Å². The SMILES string of the molecule is O=S(=O)([O-])OC(Oc1ccccc1)(Oc1ccccc1)C(Oc1ccccc1)(Oc1ccccc1)OC(Oc1ccccc1)(Oc1ccccc1)C(Oc1ccccc1)Oc1ccccc1.[Na+]. The topological polar surface area (TPSA) is 150 Å². The predicted molar refractivity (Wildman–Crippen MR) is 240 cm³/mol. The van der Waals surface area contributed by atoms with E-state index in [0.717, 1.165) is 0 Å². The van der Waals surface area contributed by atoms with E-state index < -0.39 is 34.6 Å². The van der Waals surface area contributed by atoms with Crippen molar-refractivity contribution in [3.05, 3.63) is 243 Å². The Labute approximate surface area is 410 Å². The number of para-hydroxylation sites is 8. The summed E-state index contributed by atoms with van der Waals surface area (Å²) in [5, 5.41) is 0. The molecule has 0 fully saturated rings. The van der Waals surface area contributed by atoms with Crippen LogP contribution in [0.15, 0.2) is 243 Å². The summed E-state index contributed by atoms with van der Waals surface area (Å²) in [5.74, 6) is -9.58. The molecule has 13 nitrogen and oxygen atoms in total. The standard InChI is InChI=1S/C52H42O13S.Na/c53-66(54,55)65-52(62-47-37-21-7-22-38-47,63-48-39-23-8-24-40-48)51(60-45-33-17-5-18-34-45,61-46-35-19-6-20-36-46)64-50(58-43-29-13-3-14-30-43,59-44-31-15-4-16-32-44)49(56-41-25-9-1-10-26-41)57-42-27-11-2-12-28-42;/h1-40,49H,(H,53,54,55);/q;+1/p-1. The first-order valence-corrected chi connectivity index (χ1v) is 21.8. The molecule has 0 N–H and O–H groups in total. The van der Waals surface area contributed by atoms with E-state index in [1.54, 1.807) is 194 Å². The Kier molecular flexibility index (Phi) is 16.1. The molecule has 0 bridgehead atoms. The maximum atomic E-state index is 13.5. The summed E-state index contributed by atoms with van der Waals surface area (Å²) in [5.41, 5.74) is 0. The van der Waals surface area contributed by atoms with E-state index in [0.29, 0.717) is 0 Å². The minimum Gasteiger partial charge on any atom is -0.725 e. The van der Waals surface area contributed by atoms with E-state index in [4.69, 9.17) is 46.8 Å². The largest absolute Gasteiger partial charge is 1.00 e. The molecule has 0 spiro atoms. The molecule has 0 aromatic heterocycles. The van der Waals surface area contributed by atoms with Crippen LogP contribution in [0, 0.1) is 0 Å². The third-order valence-corrected chi connectivity index (χ3v) is 9.54. The average Bonchev–Trinajstić information content (AvgIpc) is 3.33. The van der Waals surface area contributed by atoms with Crippen molar-refractivity contribution in [3.8, 4) is 46.0 Å². The maximum Gasteiger partial charge on any atom is 1.00 e. The zero-order valence-electron chi connectivity index (χ0n) is 35.9. The Bertz CT molecular complexity index is 2620. The first-order chi connectivity index (χ1) is 32.2. The monoisotopic (exact) mass is 928 g/mol. The molecule has 0 amide bonds. The zero-order valence-corrected chi connectivity index (χ0v) is 38.7. The fraction of sp³-hybridized carbons (Fsp3) is 0.0769. The van der Waals surface area contributed by atoms with Crippen LogP contribution in [-0.4, -0.2) is 37.2 Å². The van der Waals surface area contributed by atoms with Crippen LogP contribution in [0.1, 0.15) is 0 Å². The van der Waals surface area contributed by atoms with Gasteiger partial charge in [0.1, 0.15) is 46.0 Å². The van der Waals surface area contributed by atoms with Crippen LogP contribution >= 0.6 is 0 Å². The van der Waals surface area contributed by atoms with Crippen molar-refractivity contribution in [2.45, 2.75) is 24.2 Å². The third kappa shape index (κ3) is 12.9. The molecule has 0 saturated heterocycles. The Morgan fingerprint density at radius 1 is 0.328 bits per heavy atom. The molecule has 67 heavy (non-hydrogen) atoms. The van der Waals surface area contributed by atoms with Gasteiger partial charge >= 0.3 is 53.8 Å². The van der Waals surface area contributed by atoms with Crippen molar-refractivity contribution >= 4 is 10.4 Å². The van der Waals surface area contributed by atoms with Crippen LogP contribution in [-0.2, 0) is 19.3 Å². The molecule has 0 aliphatic rings. The fourth-order valence-corrected chi connectivity index (χ4v) is 6.74. The molecule has 8 aromatic rings. The second-order valence-electron chi connectivity index (χ2n) is 14.0. The van der Waals surface area contributed by atoms with Gasteiger partial charge in [-0.1, -0.05) is 146 Å². The molecule has 334 valence electrons. The predicted octanol–water partition coefficient (Wildman–Crippen LogP) is 7.40. The number of ether oxygens (including phenoxy) is 9. The van der Waals surface area contributed by atoms with Gasteiger partial charge in [0.05, 0.1) is 0 Å². The molecule has 0 unspecified atom stereocenters. The molecule has 8 aromatic carbocycles. The summed E-state index contributed by atoms with van der Waals surface area (Å²) in [7, 11) is -5.96. The molecule has 0 atom stereocenters. The zero-order chi connectivity index (χ0) is 45.6. The second kappa shape index (κ2) is 22.5. The smallest absolute Gasteiger partial charge is 0.725 e. The Morgan fingerprint density at radius 3 is 0.806 bits per heavy atom. The third-order valence-electron chi connectivity index (χ3n) is 9.11. The van der Waals surface area contributed by atoms with E-state index in [-0.39, 0.29) is 75.6 Å². The minimum atomic E-state index is -5.96. The van der Waals surface area contributed by atoms with Gasteiger partial charge in [0, 0.05) is 0 Å². The van der Waals surface area contributed by atoms with Gasteiger partial charge in [-0.25, -0.2) is 13.2 Å². The first kappa shape index (κ1) is 47.9. The molecule has 0 saturated carbocycles. The van der Waals surface area contributed by atoms with Gasteiger partial charge in [-0.15, -0.1) is 0 Å². The quantitative estimate of drug-likeness (QED) is 0.0288. The van der Waals surface area contributed by atoms with Crippen LogP contribution in [0.2, 0.25) is 0 Å². The molecular weight excluding hydrogens is 888 g/mol. The Balaban J connectivity index is 0.00000666. The average molecular weight is 929 g/mol. The van der Waals surface area contributed by atoms with Crippen LogP contribution in [0.25, 0.3) is 0 Å².